The second-order valence-corrected chi connectivity index (χ2v) is 12.3. The van der Waals surface area contributed by atoms with E-state index in [2.05, 4.69) is 10.2 Å². The van der Waals surface area contributed by atoms with Crippen molar-refractivity contribution in [1.82, 2.24) is 15.1 Å². The lowest BCUT2D eigenvalue weighted by Gasteiger charge is -2.39. The fourth-order valence-corrected chi connectivity index (χ4v) is 5.91. The first-order valence-electron chi connectivity index (χ1n) is 14.8. The van der Waals surface area contributed by atoms with E-state index in [1.807, 2.05) is 63.2 Å². The van der Waals surface area contributed by atoms with E-state index in [4.69, 9.17) is 14.2 Å². The quantitative estimate of drug-likeness (QED) is 0.549. The summed E-state index contributed by atoms with van der Waals surface area (Å²) >= 11 is 0. The normalized spacial score (nSPS) is 18.5. The van der Waals surface area contributed by atoms with E-state index in [0.717, 1.165) is 30.8 Å². The summed E-state index contributed by atoms with van der Waals surface area (Å²) in [5.41, 5.74) is 2.16. The number of amides is 3. The first-order chi connectivity index (χ1) is 20.1. The number of benzene rings is 2. The number of fused-ring (bicyclic) bond motifs is 2. The highest BCUT2D eigenvalue weighted by Crippen LogP contribution is 2.48. The number of nitrogens with one attached hydrogen (secondary N) is 1. The summed E-state index contributed by atoms with van der Waals surface area (Å²) in [4.78, 5) is 45.0. The molecule has 0 aliphatic carbocycles. The van der Waals surface area contributed by atoms with Crippen LogP contribution in [0.25, 0.3) is 0 Å². The number of morpholine rings is 1. The number of carbonyl (C=O) groups excluding carboxylic acids is 3. The van der Waals surface area contributed by atoms with Gasteiger partial charge in [-0.05, 0) is 56.9 Å². The minimum absolute atomic E-state index is 0.174. The van der Waals surface area contributed by atoms with Gasteiger partial charge >= 0.3 is 12.2 Å². The van der Waals surface area contributed by atoms with Gasteiger partial charge in [-0.3, -0.25) is 14.6 Å². The molecule has 0 radical (unpaired) electrons. The smallest absolute Gasteiger partial charge is 0.414 e. The molecule has 2 saturated heterocycles. The molecule has 3 heterocycles. The molecule has 0 unspecified atom stereocenters. The van der Waals surface area contributed by atoms with E-state index in [1.54, 1.807) is 15.9 Å². The van der Waals surface area contributed by atoms with Crippen LogP contribution >= 0.6 is 0 Å². The summed E-state index contributed by atoms with van der Waals surface area (Å²) in [5, 5.41) is 3.02. The highest BCUT2D eigenvalue weighted by atomic mass is 16.6. The third-order valence-electron chi connectivity index (χ3n) is 8.20. The molecule has 10 heteroatoms. The molecule has 42 heavy (non-hydrogen) atoms. The van der Waals surface area contributed by atoms with Crippen molar-refractivity contribution >= 4 is 23.8 Å². The topological polar surface area (TPSA) is 101 Å². The van der Waals surface area contributed by atoms with Crippen LogP contribution in [0.3, 0.4) is 0 Å². The zero-order valence-corrected chi connectivity index (χ0v) is 24.9. The Bertz CT molecular complexity index is 1260. The predicted octanol–water partition coefficient (Wildman–Crippen LogP) is 4.17. The molecule has 0 saturated carbocycles. The molecular formula is C32H42N4O6. The fourth-order valence-electron chi connectivity index (χ4n) is 5.91. The zero-order valence-electron chi connectivity index (χ0n) is 24.9. The van der Waals surface area contributed by atoms with E-state index in [1.165, 1.54) is 0 Å². The Labute approximate surface area is 247 Å². The zero-order chi connectivity index (χ0) is 29.7. The Balaban J connectivity index is 1.27. The third kappa shape index (κ3) is 7.04. The SMILES string of the molecule is CC(C)(C)OC(=O)N1CC2(CCN(C(=O)OCc3ccccc3)CC2)c2ccc(C(=O)NCCN3CCOCC3)cc21. The van der Waals surface area contributed by atoms with Crippen LogP contribution in [-0.4, -0.2) is 92.5 Å². The van der Waals surface area contributed by atoms with Gasteiger partial charge < -0.3 is 24.4 Å². The second kappa shape index (κ2) is 12.7. The molecule has 0 aromatic heterocycles. The molecule has 3 amide bonds. The van der Waals surface area contributed by atoms with Crippen molar-refractivity contribution in [2.75, 3.05) is 63.9 Å². The highest BCUT2D eigenvalue weighted by molar-refractivity contribution is 5.98. The molecule has 2 aromatic rings. The molecular weight excluding hydrogens is 536 g/mol. The van der Waals surface area contributed by atoms with Crippen molar-refractivity contribution in [3.05, 3.63) is 65.2 Å². The van der Waals surface area contributed by atoms with Gasteiger partial charge in [-0.2, -0.15) is 0 Å². The number of hydrogen-bond acceptors (Lipinski definition) is 7. The Morgan fingerprint density at radius 3 is 2.36 bits per heavy atom. The second-order valence-electron chi connectivity index (χ2n) is 12.3. The third-order valence-corrected chi connectivity index (χ3v) is 8.20. The Morgan fingerprint density at radius 2 is 1.67 bits per heavy atom. The van der Waals surface area contributed by atoms with Gasteiger partial charge in [0.05, 0.1) is 18.9 Å². The first kappa shape index (κ1) is 29.8. The Hall–Kier alpha value is -3.63. The van der Waals surface area contributed by atoms with Crippen molar-refractivity contribution in [2.45, 2.75) is 51.2 Å². The van der Waals surface area contributed by atoms with E-state index in [0.29, 0.717) is 63.5 Å². The number of rotatable bonds is 6. The summed E-state index contributed by atoms with van der Waals surface area (Å²) in [6, 6.07) is 15.2. The van der Waals surface area contributed by atoms with Crippen molar-refractivity contribution < 1.29 is 28.6 Å². The summed E-state index contributed by atoms with van der Waals surface area (Å²) in [7, 11) is 0. The molecule has 5 rings (SSSR count). The van der Waals surface area contributed by atoms with Crippen LogP contribution in [0.15, 0.2) is 48.5 Å². The summed E-state index contributed by atoms with van der Waals surface area (Å²) in [6.45, 7) is 11.7. The number of carbonyl (C=O) groups is 3. The summed E-state index contributed by atoms with van der Waals surface area (Å²) in [5.74, 6) is -0.174. The maximum absolute atomic E-state index is 13.4. The minimum Gasteiger partial charge on any atom is -0.445 e. The van der Waals surface area contributed by atoms with Gasteiger partial charge in [0.25, 0.3) is 5.91 Å². The van der Waals surface area contributed by atoms with E-state index in [9.17, 15) is 14.4 Å². The van der Waals surface area contributed by atoms with Crippen molar-refractivity contribution in [3.63, 3.8) is 0 Å². The predicted molar refractivity (Wildman–Crippen MR) is 159 cm³/mol. The first-order valence-corrected chi connectivity index (χ1v) is 14.8. The lowest BCUT2D eigenvalue weighted by Crippen LogP contribution is -2.48. The van der Waals surface area contributed by atoms with Gasteiger partial charge in [-0.15, -0.1) is 0 Å². The summed E-state index contributed by atoms with van der Waals surface area (Å²) < 4.78 is 16.7. The van der Waals surface area contributed by atoms with Gasteiger partial charge in [-0.25, -0.2) is 9.59 Å². The minimum atomic E-state index is -0.659. The molecule has 1 N–H and O–H groups in total. The van der Waals surface area contributed by atoms with Gasteiger partial charge in [-0.1, -0.05) is 36.4 Å². The molecule has 2 aromatic carbocycles. The maximum Gasteiger partial charge on any atom is 0.414 e. The molecule has 10 nitrogen and oxygen atoms in total. The average molecular weight is 579 g/mol. The van der Waals surface area contributed by atoms with Crippen LogP contribution in [0.5, 0.6) is 0 Å². The van der Waals surface area contributed by atoms with E-state index >= 15 is 0 Å². The molecule has 2 fully saturated rings. The van der Waals surface area contributed by atoms with E-state index in [-0.39, 0.29) is 24.0 Å². The van der Waals surface area contributed by atoms with Crippen molar-refractivity contribution in [1.29, 1.82) is 0 Å². The number of ether oxygens (including phenoxy) is 3. The van der Waals surface area contributed by atoms with Gasteiger partial charge in [0.15, 0.2) is 0 Å². The number of nitrogens with zero attached hydrogens (tertiary/aromatic N) is 3. The highest BCUT2D eigenvalue weighted by Gasteiger charge is 2.48. The average Bonchev–Trinajstić information content (AvgIpc) is 3.29. The lowest BCUT2D eigenvalue weighted by molar-refractivity contribution is 0.0383. The maximum atomic E-state index is 13.4. The van der Waals surface area contributed by atoms with Gasteiger partial charge in [0.2, 0.25) is 0 Å². The fraction of sp³-hybridized carbons (Fsp3) is 0.531. The molecule has 3 aliphatic heterocycles. The van der Waals surface area contributed by atoms with Crippen LogP contribution in [-0.2, 0) is 26.2 Å². The van der Waals surface area contributed by atoms with Crippen LogP contribution in [0.2, 0.25) is 0 Å². The monoisotopic (exact) mass is 578 g/mol. The van der Waals surface area contributed by atoms with Crippen LogP contribution in [0, 0.1) is 0 Å². The van der Waals surface area contributed by atoms with Crippen molar-refractivity contribution in [2.24, 2.45) is 0 Å². The van der Waals surface area contributed by atoms with Crippen LogP contribution in [0.4, 0.5) is 15.3 Å². The number of hydrogen-bond donors (Lipinski definition) is 1. The van der Waals surface area contributed by atoms with Crippen LogP contribution in [0.1, 0.15) is 55.1 Å². The molecule has 1 spiro atoms. The lowest BCUT2D eigenvalue weighted by atomic mass is 9.74. The Kier molecular flexibility index (Phi) is 9.03. The molecule has 0 atom stereocenters. The van der Waals surface area contributed by atoms with Crippen molar-refractivity contribution in [3.8, 4) is 0 Å². The largest absolute Gasteiger partial charge is 0.445 e. The van der Waals surface area contributed by atoms with Gasteiger partial charge in [0, 0.05) is 56.8 Å². The molecule has 3 aliphatic rings. The Morgan fingerprint density at radius 1 is 0.952 bits per heavy atom. The molecule has 0 bridgehead atoms. The van der Waals surface area contributed by atoms with Gasteiger partial charge in [0.1, 0.15) is 12.2 Å². The molecule has 226 valence electrons. The van der Waals surface area contributed by atoms with Crippen LogP contribution < -0.4 is 10.2 Å². The van der Waals surface area contributed by atoms with E-state index < -0.39 is 11.7 Å². The number of anilines is 1. The number of piperidine rings is 1. The number of likely N-dealkylation sites (tertiary alicyclic amines) is 1. The standard InChI is InChI=1S/C32H42N4O6/c1-31(2,3)42-30(39)36-23-32(11-14-35(15-12-32)29(38)41-22-24-7-5-4-6-8-24)26-10-9-25(21-27(26)36)28(37)33-13-16-34-17-19-40-20-18-34/h4-10,21H,11-20,22-23H2,1-3H3,(H,33,37). The summed E-state index contributed by atoms with van der Waals surface area (Å²) in [6.07, 6.45) is 0.575.